The van der Waals surface area contributed by atoms with Crippen molar-refractivity contribution in [2.75, 3.05) is 26.2 Å². The Kier molecular flexibility index (Phi) is 2.85. The quantitative estimate of drug-likeness (QED) is 0.716. The maximum absolute atomic E-state index is 3.67. The van der Waals surface area contributed by atoms with Crippen LogP contribution in [-0.4, -0.2) is 26.2 Å². The zero-order chi connectivity index (χ0) is 10.1. The van der Waals surface area contributed by atoms with Gasteiger partial charge in [-0.25, -0.2) is 0 Å². The topological polar surface area (TPSA) is 24.1 Å². The fraction of sp³-hybridized carbons (Fsp3) is 1.00. The van der Waals surface area contributed by atoms with Gasteiger partial charge in [0.15, 0.2) is 0 Å². The average Bonchev–Trinajstić information content (AvgIpc) is 2.50. The van der Waals surface area contributed by atoms with E-state index < -0.39 is 0 Å². The summed E-state index contributed by atoms with van der Waals surface area (Å²) < 4.78 is 0. The summed E-state index contributed by atoms with van der Waals surface area (Å²) in [6.07, 6.45) is 5.62. The molecule has 0 amide bonds. The van der Waals surface area contributed by atoms with E-state index in [1.165, 1.54) is 51.9 Å². The van der Waals surface area contributed by atoms with Crippen molar-refractivity contribution in [1.29, 1.82) is 0 Å². The summed E-state index contributed by atoms with van der Waals surface area (Å²) in [4.78, 5) is 0. The van der Waals surface area contributed by atoms with E-state index in [1.807, 2.05) is 0 Å². The van der Waals surface area contributed by atoms with Crippen LogP contribution >= 0.6 is 0 Å². The van der Waals surface area contributed by atoms with Crippen molar-refractivity contribution in [1.82, 2.24) is 10.6 Å². The molecule has 2 heteroatoms. The van der Waals surface area contributed by atoms with Crippen molar-refractivity contribution in [2.24, 2.45) is 10.8 Å². The van der Waals surface area contributed by atoms with Gasteiger partial charge in [-0.15, -0.1) is 0 Å². The Morgan fingerprint density at radius 3 is 2.29 bits per heavy atom. The van der Waals surface area contributed by atoms with Crippen LogP contribution in [0.3, 0.4) is 0 Å². The molecule has 0 bridgehead atoms. The van der Waals surface area contributed by atoms with Crippen molar-refractivity contribution >= 4 is 0 Å². The molecular weight excluding hydrogens is 172 g/mol. The van der Waals surface area contributed by atoms with E-state index in [0.29, 0.717) is 10.8 Å². The van der Waals surface area contributed by atoms with Crippen LogP contribution in [0, 0.1) is 10.8 Å². The first-order valence-corrected chi connectivity index (χ1v) is 6.04. The Morgan fingerprint density at radius 2 is 1.79 bits per heavy atom. The fourth-order valence-electron chi connectivity index (χ4n) is 2.64. The van der Waals surface area contributed by atoms with Gasteiger partial charge in [0.2, 0.25) is 0 Å². The van der Waals surface area contributed by atoms with Crippen molar-refractivity contribution in [2.45, 2.75) is 39.5 Å². The van der Waals surface area contributed by atoms with Gasteiger partial charge in [0.05, 0.1) is 0 Å². The zero-order valence-corrected chi connectivity index (χ0v) is 9.66. The molecule has 1 aliphatic carbocycles. The molecule has 2 fully saturated rings. The summed E-state index contributed by atoms with van der Waals surface area (Å²) in [7, 11) is 0. The molecule has 1 aliphatic heterocycles. The maximum Gasteiger partial charge on any atom is 0.00180 e. The molecule has 0 spiro atoms. The molecule has 0 radical (unpaired) electrons. The van der Waals surface area contributed by atoms with Gasteiger partial charge in [-0.1, -0.05) is 20.3 Å². The summed E-state index contributed by atoms with van der Waals surface area (Å²) in [5.41, 5.74) is 1.14. The zero-order valence-electron chi connectivity index (χ0n) is 9.66. The van der Waals surface area contributed by atoms with Crippen LogP contribution in [0.5, 0.6) is 0 Å². The molecule has 82 valence electrons. The monoisotopic (exact) mass is 196 g/mol. The van der Waals surface area contributed by atoms with Gasteiger partial charge in [-0.2, -0.15) is 0 Å². The van der Waals surface area contributed by atoms with Gasteiger partial charge in [0.25, 0.3) is 0 Å². The third-order valence-corrected chi connectivity index (χ3v) is 4.12. The van der Waals surface area contributed by atoms with Crippen molar-refractivity contribution in [3.63, 3.8) is 0 Å². The Bertz CT molecular complexity index is 190. The SMILES string of the molecule is CC1(CNCC2(C)CCNC2)CCC1. The summed E-state index contributed by atoms with van der Waals surface area (Å²) in [5, 5.41) is 7.12. The second-order valence-electron chi connectivity index (χ2n) is 6.01. The largest absolute Gasteiger partial charge is 0.316 e. The number of rotatable bonds is 4. The molecule has 0 aromatic carbocycles. The summed E-state index contributed by atoms with van der Waals surface area (Å²) in [5.74, 6) is 0. The third kappa shape index (κ3) is 2.29. The highest BCUT2D eigenvalue weighted by Gasteiger charge is 2.33. The minimum Gasteiger partial charge on any atom is -0.316 e. The summed E-state index contributed by atoms with van der Waals surface area (Å²) in [6.45, 7) is 9.62. The van der Waals surface area contributed by atoms with Crippen molar-refractivity contribution in [3.8, 4) is 0 Å². The Labute approximate surface area is 87.8 Å². The molecule has 2 N–H and O–H groups in total. The molecule has 0 aromatic rings. The first-order valence-electron chi connectivity index (χ1n) is 6.04. The highest BCUT2D eigenvalue weighted by molar-refractivity contribution is 4.89. The van der Waals surface area contributed by atoms with Crippen LogP contribution < -0.4 is 10.6 Å². The Hall–Kier alpha value is -0.0800. The van der Waals surface area contributed by atoms with Crippen LogP contribution in [0.4, 0.5) is 0 Å². The number of hydrogen-bond donors (Lipinski definition) is 2. The molecule has 1 unspecified atom stereocenters. The van der Waals surface area contributed by atoms with Gasteiger partial charge in [-0.3, -0.25) is 0 Å². The molecule has 2 nitrogen and oxygen atoms in total. The molecule has 14 heavy (non-hydrogen) atoms. The molecule has 2 rings (SSSR count). The van der Waals surface area contributed by atoms with E-state index in [0.717, 1.165) is 0 Å². The highest BCUT2D eigenvalue weighted by Crippen LogP contribution is 2.39. The smallest absolute Gasteiger partial charge is 0.00180 e. The molecule has 0 aromatic heterocycles. The molecule has 1 heterocycles. The van der Waals surface area contributed by atoms with Crippen LogP contribution in [-0.2, 0) is 0 Å². The van der Waals surface area contributed by atoms with Gasteiger partial charge in [0.1, 0.15) is 0 Å². The van der Waals surface area contributed by atoms with E-state index in [9.17, 15) is 0 Å². The normalized spacial score (nSPS) is 35.6. The van der Waals surface area contributed by atoms with Gasteiger partial charge >= 0.3 is 0 Å². The summed E-state index contributed by atoms with van der Waals surface area (Å²) in [6, 6.07) is 0. The standard InChI is InChI=1S/C12H24N2/c1-11(4-3-5-11)8-14-10-12(2)6-7-13-9-12/h13-14H,3-10H2,1-2H3. The average molecular weight is 196 g/mol. The van der Waals surface area contributed by atoms with Gasteiger partial charge < -0.3 is 10.6 Å². The fourth-order valence-corrected chi connectivity index (χ4v) is 2.64. The Balaban J connectivity index is 1.67. The number of hydrogen-bond acceptors (Lipinski definition) is 2. The van der Waals surface area contributed by atoms with E-state index in [4.69, 9.17) is 0 Å². The lowest BCUT2D eigenvalue weighted by atomic mass is 9.70. The van der Waals surface area contributed by atoms with E-state index in [2.05, 4.69) is 24.5 Å². The molecule has 1 atom stereocenters. The van der Waals surface area contributed by atoms with Gasteiger partial charge in [0, 0.05) is 19.6 Å². The Morgan fingerprint density at radius 1 is 1.07 bits per heavy atom. The second-order valence-corrected chi connectivity index (χ2v) is 6.01. The first kappa shape index (κ1) is 10.4. The van der Waals surface area contributed by atoms with Crippen LogP contribution in [0.15, 0.2) is 0 Å². The maximum atomic E-state index is 3.67. The van der Waals surface area contributed by atoms with Crippen LogP contribution in [0.1, 0.15) is 39.5 Å². The van der Waals surface area contributed by atoms with Crippen LogP contribution in [0.25, 0.3) is 0 Å². The number of nitrogens with one attached hydrogen (secondary N) is 2. The minimum atomic E-state index is 0.514. The lowest BCUT2D eigenvalue weighted by Crippen LogP contribution is -2.42. The first-order chi connectivity index (χ1) is 6.62. The predicted molar refractivity (Wildman–Crippen MR) is 60.4 cm³/mol. The molecule has 1 saturated carbocycles. The second kappa shape index (κ2) is 3.82. The lowest BCUT2D eigenvalue weighted by molar-refractivity contribution is 0.149. The third-order valence-electron chi connectivity index (χ3n) is 4.12. The molecular formula is C12H24N2. The predicted octanol–water partition coefficient (Wildman–Crippen LogP) is 1.77. The van der Waals surface area contributed by atoms with Crippen LogP contribution in [0.2, 0.25) is 0 Å². The minimum absolute atomic E-state index is 0.514. The van der Waals surface area contributed by atoms with Crippen molar-refractivity contribution < 1.29 is 0 Å². The lowest BCUT2D eigenvalue weighted by Gasteiger charge is -2.39. The van der Waals surface area contributed by atoms with Gasteiger partial charge in [-0.05, 0) is 36.6 Å². The highest BCUT2D eigenvalue weighted by atomic mass is 15.0. The molecule has 1 saturated heterocycles. The van der Waals surface area contributed by atoms with E-state index >= 15 is 0 Å². The summed E-state index contributed by atoms with van der Waals surface area (Å²) >= 11 is 0. The van der Waals surface area contributed by atoms with Crippen molar-refractivity contribution in [3.05, 3.63) is 0 Å². The molecule has 2 aliphatic rings. The van der Waals surface area contributed by atoms with E-state index in [-0.39, 0.29) is 0 Å². The van der Waals surface area contributed by atoms with E-state index in [1.54, 1.807) is 0 Å².